The van der Waals surface area contributed by atoms with Crippen LogP contribution in [0.3, 0.4) is 0 Å². The van der Waals surface area contributed by atoms with Crippen molar-refractivity contribution in [2.24, 2.45) is 11.7 Å². The van der Waals surface area contributed by atoms with Gasteiger partial charge in [0, 0.05) is 19.1 Å². The Hall–Kier alpha value is -0.880. The lowest BCUT2D eigenvalue weighted by Gasteiger charge is -2.14. The van der Waals surface area contributed by atoms with Gasteiger partial charge >= 0.3 is 0 Å². The van der Waals surface area contributed by atoms with Crippen molar-refractivity contribution in [1.82, 2.24) is 9.78 Å². The highest BCUT2D eigenvalue weighted by Gasteiger charge is 2.28. The van der Waals surface area contributed by atoms with Gasteiger partial charge in [-0.25, -0.2) is 4.68 Å². The van der Waals surface area contributed by atoms with Crippen molar-refractivity contribution in [3.63, 3.8) is 0 Å². The fraction of sp³-hybridized carbons (Fsp3) is 0.667. The van der Waals surface area contributed by atoms with E-state index in [1.54, 1.807) is 6.20 Å². The van der Waals surface area contributed by atoms with Crippen molar-refractivity contribution in [2.75, 3.05) is 11.9 Å². The average molecular weight is 315 g/mol. The molecular formula is C12H19BrN4O. The maximum absolute atomic E-state index is 12.0. The first-order chi connectivity index (χ1) is 8.63. The van der Waals surface area contributed by atoms with Crippen molar-refractivity contribution in [3.8, 4) is 0 Å². The van der Waals surface area contributed by atoms with Crippen LogP contribution in [0.1, 0.15) is 26.2 Å². The molecule has 1 atom stereocenters. The van der Waals surface area contributed by atoms with Crippen LogP contribution in [-0.4, -0.2) is 22.4 Å². The zero-order valence-corrected chi connectivity index (χ0v) is 12.1. The molecule has 0 aromatic carbocycles. The molecule has 1 aliphatic carbocycles. The summed E-state index contributed by atoms with van der Waals surface area (Å²) in [5, 5.41) is 7.33. The molecule has 5 nitrogen and oxygen atoms in total. The van der Waals surface area contributed by atoms with E-state index in [4.69, 9.17) is 5.73 Å². The Bertz CT molecular complexity index is 470. The molecule has 1 aliphatic rings. The number of nitrogens with zero attached hydrogens (tertiary/aromatic N) is 2. The van der Waals surface area contributed by atoms with Gasteiger partial charge in [0.25, 0.3) is 5.56 Å². The van der Waals surface area contributed by atoms with Gasteiger partial charge in [-0.3, -0.25) is 4.79 Å². The van der Waals surface area contributed by atoms with Gasteiger partial charge in [0.2, 0.25) is 0 Å². The normalized spacial score (nSPS) is 16.6. The SMILES string of the molecule is CCCn1ncc(NCC(N)C2CC2)c(Br)c1=O. The second-order valence-electron chi connectivity index (χ2n) is 4.78. The molecule has 1 saturated carbocycles. The van der Waals surface area contributed by atoms with Crippen LogP contribution in [0.15, 0.2) is 15.5 Å². The van der Waals surface area contributed by atoms with Crippen LogP contribution in [0.25, 0.3) is 0 Å². The van der Waals surface area contributed by atoms with E-state index < -0.39 is 0 Å². The largest absolute Gasteiger partial charge is 0.381 e. The van der Waals surface area contributed by atoms with Gasteiger partial charge in [-0.2, -0.15) is 5.10 Å². The summed E-state index contributed by atoms with van der Waals surface area (Å²) in [6, 6.07) is 0.162. The van der Waals surface area contributed by atoms with Gasteiger partial charge in [0.05, 0.1) is 11.9 Å². The van der Waals surface area contributed by atoms with E-state index in [-0.39, 0.29) is 11.6 Å². The summed E-state index contributed by atoms with van der Waals surface area (Å²) in [6.07, 6.45) is 5.01. The lowest BCUT2D eigenvalue weighted by atomic mass is 10.2. The monoisotopic (exact) mass is 314 g/mol. The molecule has 0 bridgehead atoms. The molecular weight excluding hydrogens is 296 g/mol. The van der Waals surface area contributed by atoms with Crippen molar-refractivity contribution in [1.29, 1.82) is 0 Å². The molecule has 6 heteroatoms. The Morgan fingerprint density at radius 2 is 2.39 bits per heavy atom. The number of halogens is 1. The van der Waals surface area contributed by atoms with Crippen LogP contribution in [0, 0.1) is 5.92 Å². The van der Waals surface area contributed by atoms with Gasteiger partial charge < -0.3 is 11.1 Å². The predicted molar refractivity (Wildman–Crippen MR) is 75.7 cm³/mol. The van der Waals surface area contributed by atoms with Crippen LogP contribution < -0.4 is 16.6 Å². The van der Waals surface area contributed by atoms with Crippen molar-refractivity contribution < 1.29 is 0 Å². The Morgan fingerprint density at radius 3 is 3.00 bits per heavy atom. The van der Waals surface area contributed by atoms with E-state index >= 15 is 0 Å². The van der Waals surface area contributed by atoms with Gasteiger partial charge in [0.1, 0.15) is 4.47 Å². The Morgan fingerprint density at radius 1 is 1.67 bits per heavy atom. The third-order valence-corrected chi connectivity index (χ3v) is 3.94. The average Bonchev–Trinajstić information content (AvgIpc) is 3.18. The highest BCUT2D eigenvalue weighted by Crippen LogP contribution is 2.31. The molecule has 1 heterocycles. The second-order valence-corrected chi connectivity index (χ2v) is 5.58. The number of aryl methyl sites for hydroxylation is 1. The molecule has 3 N–H and O–H groups in total. The number of hydrogen-bond donors (Lipinski definition) is 2. The summed E-state index contributed by atoms with van der Waals surface area (Å²) in [5.74, 6) is 0.643. The number of rotatable bonds is 6. The van der Waals surface area contributed by atoms with Crippen LogP contribution in [0.5, 0.6) is 0 Å². The lowest BCUT2D eigenvalue weighted by molar-refractivity contribution is 0.565. The number of anilines is 1. The van der Waals surface area contributed by atoms with E-state index in [0.29, 0.717) is 23.5 Å². The van der Waals surface area contributed by atoms with Gasteiger partial charge in [-0.05, 0) is 41.1 Å². The lowest BCUT2D eigenvalue weighted by Crippen LogP contribution is -2.32. The Balaban J connectivity index is 2.04. The molecule has 0 aliphatic heterocycles. The first kappa shape index (κ1) is 13.5. The predicted octanol–water partition coefficient (Wildman–Crippen LogP) is 1.56. The van der Waals surface area contributed by atoms with E-state index in [9.17, 15) is 4.79 Å². The fourth-order valence-corrected chi connectivity index (χ4v) is 2.33. The molecule has 100 valence electrons. The Kier molecular flexibility index (Phi) is 4.40. The fourth-order valence-electron chi connectivity index (χ4n) is 1.88. The highest BCUT2D eigenvalue weighted by molar-refractivity contribution is 9.10. The minimum absolute atomic E-state index is 0.0955. The van der Waals surface area contributed by atoms with E-state index in [1.165, 1.54) is 17.5 Å². The first-order valence-electron chi connectivity index (χ1n) is 6.38. The summed E-state index contributed by atoms with van der Waals surface area (Å²) in [7, 11) is 0. The summed E-state index contributed by atoms with van der Waals surface area (Å²) < 4.78 is 2.00. The zero-order valence-electron chi connectivity index (χ0n) is 10.5. The number of hydrogen-bond acceptors (Lipinski definition) is 4. The van der Waals surface area contributed by atoms with E-state index in [1.807, 2.05) is 6.92 Å². The summed E-state index contributed by atoms with van der Waals surface area (Å²) in [6.45, 7) is 3.34. The van der Waals surface area contributed by atoms with E-state index in [0.717, 1.165) is 12.1 Å². The minimum Gasteiger partial charge on any atom is -0.381 e. The van der Waals surface area contributed by atoms with Crippen molar-refractivity contribution in [2.45, 2.75) is 38.8 Å². The quantitative estimate of drug-likeness (QED) is 0.836. The third-order valence-electron chi connectivity index (χ3n) is 3.18. The van der Waals surface area contributed by atoms with Gasteiger partial charge in [-0.1, -0.05) is 6.92 Å². The third kappa shape index (κ3) is 3.11. The standard InChI is InChI=1S/C12H19BrN4O/c1-2-5-17-12(18)11(13)10(7-16-17)15-6-9(14)8-3-4-8/h7-9,15H,2-6,14H2,1H3. The highest BCUT2D eigenvalue weighted by atomic mass is 79.9. The minimum atomic E-state index is -0.0955. The number of nitrogens with two attached hydrogens (primary N) is 1. The maximum Gasteiger partial charge on any atom is 0.283 e. The second kappa shape index (κ2) is 5.84. The van der Waals surface area contributed by atoms with Crippen molar-refractivity contribution >= 4 is 21.6 Å². The smallest absolute Gasteiger partial charge is 0.283 e. The van der Waals surface area contributed by atoms with Crippen LogP contribution in [0.4, 0.5) is 5.69 Å². The molecule has 1 unspecified atom stereocenters. The molecule has 0 radical (unpaired) electrons. The van der Waals surface area contributed by atoms with Crippen LogP contribution >= 0.6 is 15.9 Å². The molecule has 1 aromatic rings. The summed E-state index contributed by atoms with van der Waals surface area (Å²) in [5.41, 5.74) is 6.64. The maximum atomic E-state index is 12.0. The topological polar surface area (TPSA) is 72.9 Å². The summed E-state index contributed by atoms with van der Waals surface area (Å²) >= 11 is 3.33. The Labute approximate surface area is 115 Å². The molecule has 0 spiro atoms. The molecule has 1 fully saturated rings. The van der Waals surface area contributed by atoms with Crippen molar-refractivity contribution in [3.05, 3.63) is 21.0 Å². The van der Waals surface area contributed by atoms with Gasteiger partial charge in [0.15, 0.2) is 0 Å². The number of nitrogens with one attached hydrogen (secondary N) is 1. The molecule has 1 aromatic heterocycles. The molecule has 2 rings (SSSR count). The van der Waals surface area contributed by atoms with Crippen LogP contribution in [-0.2, 0) is 6.54 Å². The number of aromatic nitrogens is 2. The molecule has 0 saturated heterocycles. The zero-order chi connectivity index (χ0) is 13.1. The van der Waals surface area contributed by atoms with Gasteiger partial charge in [-0.15, -0.1) is 0 Å². The summed E-state index contributed by atoms with van der Waals surface area (Å²) in [4.78, 5) is 12.0. The first-order valence-corrected chi connectivity index (χ1v) is 7.17. The molecule has 0 amide bonds. The molecule has 18 heavy (non-hydrogen) atoms. The van der Waals surface area contributed by atoms with E-state index in [2.05, 4.69) is 26.3 Å². The van der Waals surface area contributed by atoms with Crippen LogP contribution in [0.2, 0.25) is 0 Å².